The molecule has 2 unspecified atom stereocenters. The normalized spacial score (nSPS) is 18.3. The fourth-order valence-electron chi connectivity index (χ4n) is 3.81. The van der Waals surface area contributed by atoms with E-state index >= 15 is 0 Å². The van der Waals surface area contributed by atoms with E-state index in [0.717, 1.165) is 52.9 Å². The van der Waals surface area contributed by atoms with E-state index < -0.39 is 11.4 Å². The van der Waals surface area contributed by atoms with Crippen LogP contribution in [-0.2, 0) is 17.8 Å². The summed E-state index contributed by atoms with van der Waals surface area (Å²) in [4.78, 5) is 7.18. The molecule has 2 N–H and O–H groups in total. The summed E-state index contributed by atoms with van der Waals surface area (Å²) in [6, 6.07) is 7.40. The molecular formula is C20H25N5O2S. The molecule has 1 saturated heterocycles. The second-order valence-corrected chi connectivity index (χ2v) is 9.25. The van der Waals surface area contributed by atoms with E-state index in [1.165, 1.54) is 0 Å². The lowest BCUT2D eigenvalue weighted by Crippen LogP contribution is -2.35. The number of phenolic OH excluding ortho intramolecular Hbond substituents is 1. The van der Waals surface area contributed by atoms with Gasteiger partial charge in [0, 0.05) is 44.0 Å². The number of anilines is 1. The summed E-state index contributed by atoms with van der Waals surface area (Å²) in [6.45, 7) is 3.59. The molecule has 8 heteroatoms. The van der Waals surface area contributed by atoms with Gasteiger partial charge in [-0.2, -0.15) is 5.10 Å². The molecule has 1 aliphatic rings. The van der Waals surface area contributed by atoms with Gasteiger partial charge in [-0.05, 0) is 36.2 Å². The van der Waals surface area contributed by atoms with Crippen molar-refractivity contribution in [3.8, 4) is 17.0 Å². The van der Waals surface area contributed by atoms with Gasteiger partial charge in [0.2, 0.25) is 0 Å². The number of rotatable bonds is 5. The van der Waals surface area contributed by atoms with Crippen LogP contribution in [0.5, 0.6) is 5.75 Å². The first-order chi connectivity index (χ1) is 13.5. The van der Waals surface area contributed by atoms with Crippen LogP contribution in [0, 0.1) is 0 Å². The highest BCUT2D eigenvalue weighted by Gasteiger charge is 2.35. The van der Waals surface area contributed by atoms with E-state index in [1.807, 2.05) is 26.2 Å². The quantitative estimate of drug-likeness (QED) is 0.641. The van der Waals surface area contributed by atoms with Crippen LogP contribution < -0.4 is 4.90 Å². The number of hydrogen-bond donors (Lipinski definition) is 2. The standard InChI is InChI=1S/C20H25N5O2S/c1-4-13-9-14(26)5-6-16(13)18-10-19-17(11-21-23-19)20(22-18)25-8-7-15(12-25)28(27)24(2)3/h5-6,9-11,15,26H,4,7-8,12H2,1-3H3,(H,21,23). The van der Waals surface area contributed by atoms with Gasteiger partial charge >= 0.3 is 0 Å². The SMILES string of the molecule is CCc1cc(O)ccc1-c1cc2[nH]ncc2c(N2CCC([S+]([O-])N(C)C)C2)n1. The molecule has 4 rings (SSSR count). The van der Waals surface area contributed by atoms with Gasteiger partial charge in [-0.15, -0.1) is 4.31 Å². The van der Waals surface area contributed by atoms with E-state index in [9.17, 15) is 9.66 Å². The fourth-order valence-corrected chi connectivity index (χ4v) is 5.02. The summed E-state index contributed by atoms with van der Waals surface area (Å²) in [5.41, 5.74) is 3.82. The van der Waals surface area contributed by atoms with Gasteiger partial charge < -0.3 is 14.6 Å². The second-order valence-electron chi connectivity index (χ2n) is 7.30. The number of nitrogens with zero attached hydrogens (tertiary/aromatic N) is 4. The van der Waals surface area contributed by atoms with E-state index in [0.29, 0.717) is 6.54 Å². The van der Waals surface area contributed by atoms with Crippen molar-refractivity contribution in [3.63, 3.8) is 0 Å². The van der Waals surface area contributed by atoms with Crippen molar-refractivity contribution < 1.29 is 9.66 Å². The molecule has 7 nitrogen and oxygen atoms in total. The monoisotopic (exact) mass is 399 g/mol. The molecule has 2 aromatic heterocycles. The van der Waals surface area contributed by atoms with E-state index in [-0.39, 0.29) is 11.0 Å². The highest BCUT2D eigenvalue weighted by Crippen LogP contribution is 2.34. The van der Waals surface area contributed by atoms with Crippen molar-refractivity contribution in [2.24, 2.45) is 0 Å². The number of aryl methyl sites for hydroxylation is 1. The van der Waals surface area contributed by atoms with E-state index in [1.54, 1.807) is 22.6 Å². The van der Waals surface area contributed by atoms with Crippen molar-refractivity contribution >= 4 is 28.1 Å². The maximum Gasteiger partial charge on any atom is 0.154 e. The second kappa shape index (κ2) is 7.62. The van der Waals surface area contributed by atoms with Crippen molar-refractivity contribution in [1.29, 1.82) is 0 Å². The number of nitrogens with one attached hydrogen (secondary N) is 1. The van der Waals surface area contributed by atoms with Crippen LogP contribution in [0.1, 0.15) is 18.9 Å². The van der Waals surface area contributed by atoms with Crippen molar-refractivity contribution in [3.05, 3.63) is 36.0 Å². The fraction of sp³-hybridized carbons (Fsp3) is 0.400. The Bertz CT molecular complexity index is 990. The van der Waals surface area contributed by atoms with Gasteiger partial charge in [0.1, 0.15) is 11.6 Å². The number of aromatic amines is 1. The lowest BCUT2D eigenvalue weighted by molar-refractivity contribution is 0.474. The van der Waals surface area contributed by atoms with Crippen LogP contribution in [0.25, 0.3) is 22.2 Å². The first-order valence-electron chi connectivity index (χ1n) is 9.47. The zero-order valence-corrected chi connectivity index (χ0v) is 17.2. The average Bonchev–Trinajstić information content (AvgIpc) is 3.35. The topological polar surface area (TPSA) is 91.3 Å². The predicted molar refractivity (Wildman–Crippen MR) is 113 cm³/mol. The molecule has 0 radical (unpaired) electrons. The van der Waals surface area contributed by atoms with E-state index in [2.05, 4.69) is 22.0 Å². The minimum atomic E-state index is -1.00. The minimum Gasteiger partial charge on any atom is -0.598 e. The van der Waals surface area contributed by atoms with Crippen LogP contribution >= 0.6 is 0 Å². The van der Waals surface area contributed by atoms with Crippen LogP contribution in [0.15, 0.2) is 30.5 Å². The van der Waals surface area contributed by atoms with Crippen LogP contribution in [-0.4, -0.2) is 61.6 Å². The lowest BCUT2D eigenvalue weighted by Gasteiger charge is -2.23. The third-order valence-electron chi connectivity index (χ3n) is 5.25. The van der Waals surface area contributed by atoms with Crippen molar-refractivity contribution in [1.82, 2.24) is 19.5 Å². The predicted octanol–water partition coefficient (Wildman–Crippen LogP) is 2.70. The first-order valence-corrected chi connectivity index (χ1v) is 10.6. The first kappa shape index (κ1) is 19.0. The molecular weight excluding hydrogens is 374 g/mol. The number of benzene rings is 1. The van der Waals surface area contributed by atoms with Gasteiger partial charge in [-0.25, -0.2) is 4.98 Å². The number of fused-ring (bicyclic) bond motifs is 1. The number of hydrogen-bond acceptors (Lipinski definition) is 6. The number of H-pyrrole nitrogens is 1. The Morgan fingerprint density at radius 3 is 2.93 bits per heavy atom. The van der Waals surface area contributed by atoms with Gasteiger partial charge in [-0.1, -0.05) is 6.92 Å². The summed E-state index contributed by atoms with van der Waals surface area (Å²) in [6.07, 6.45) is 3.47. The molecule has 1 aromatic carbocycles. The van der Waals surface area contributed by atoms with Crippen LogP contribution in [0.4, 0.5) is 5.82 Å². The largest absolute Gasteiger partial charge is 0.598 e. The highest BCUT2D eigenvalue weighted by molar-refractivity contribution is 7.89. The molecule has 0 amide bonds. The molecule has 1 aliphatic heterocycles. The molecule has 0 bridgehead atoms. The smallest absolute Gasteiger partial charge is 0.154 e. The van der Waals surface area contributed by atoms with Crippen molar-refractivity contribution in [2.75, 3.05) is 32.1 Å². The molecule has 3 aromatic rings. The van der Waals surface area contributed by atoms with Crippen molar-refractivity contribution in [2.45, 2.75) is 25.0 Å². The molecule has 3 heterocycles. The van der Waals surface area contributed by atoms with Gasteiger partial charge in [0.05, 0.1) is 29.3 Å². The van der Waals surface area contributed by atoms with E-state index in [4.69, 9.17) is 4.98 Å². The summed E-state index contributed by atoms with van der Waals surface area (Å²) < 4.78 is 14.3. The number of phenols is 1. The van der Waals surface area contributed by atoms with Gasteiger partial charge in [0.25, 0.3) is 0 Å². The summed E-state index contributed by atoms with van der Waals surface area (Å²) in [5, 5.41) is 18.2. The third-order valence-corrected chi connectivity index (χ3v) is 6.93. The highest BCUT2D eigenvalue weighted by atomic mass is 32.2. The van der Waals surface area contributed by atoms with Crippen LogP contribution in [0.3, 0.4) is 0 Å². The molecule has 2 atom stereocenters. The zero-order valence-electron chi connectivity index (χ0n) is 16.3. The molecule has 0 saturated carbocycles. The maximum atomic E-state index is 12.5. The summed E-state index contributed by atoms with van der Waals surface area (Å²) >= 11 is -1.00. The lowest BCUT2D eigenvalue weighted by atomic mass is 10.0. The maximum absolute atomic E-state index is 12.5. The van der Waals surface area contributed by atoms with Gasteiger partial charge in [0.15, 0.2) is 5.25 Å². The Hall–Kier alpha value is -2.29. The third kappa shape index (κ3) is 3.43. The molecule has 148 valence electrons. The summed E-state index contributed by atoms with van der Waals surface area (Å²) in [5.74, 6) is 1.13. The minimum absolute atomic E-state index is 0.0993. The average molecular weight is 400 g/mol. The number of aromatic nitrogens is 3. The number of pyridine rings is 1. The van der Waals surface area contributed by atoms with Gasteiger partial charge in [-0.3, -0.25) is 5.10 Å². The number of aromatic hydroxyl groups is 1. The molecule has 1 fully saturated rings. The van der Waals surface area contributed by atoms with Crippen LogP contribution in [0.2, 0.25) is 0 Å². The Morgan fingerprint density at radius 2 is 2.18 bits per heavy atom. The Labute approximate surface area is 167 Å². The summed E-state index contributed by atoms with van der Waals surface area (Å²) in [7, 11) is 3.70. The Kier molecular flexibility index (Phi) is 5.18. The Morgan fingerprint density at radius 1 is 1.36 bits per heavy atom. The molecule has 0 spiro atoms. The molecule has 28 heavy (non-hydrogen) atoms. The zero-order chi connectivity index (χ0) is 19.8. The Balaban J connectivity index is 1.75. The molecule has 0 aliphatic carbocycles.